The summed E-state index contributed by atoms with van der Waals surface area (Å²) in [5.74, 6) is -6.00. The van der Waals surface area contributed by atoms with Crippen molar-refractivity contribution in [3.63, 3.8) is 0 Å². The fourth-order valence-corrected chi connectivity index (χ4v) is 3.91. The van der Waals surface area contributed by atoms with Gasteiger partial charge in [-0.05, 0) is 39.8 Å². The van der Waals surface area contributed by atoms with Crippen LogP contribution in [0.25, 0.3) is 10.9 Å². The fraction of sp³-hybridized carbons (Fsp3) is 0.375. The highest BCUT2D eigenvalue weighted by atomic mass is 19.3. The maximum absolute atomic E-state index is 15.3. The Morgan fingerprint density at radius 2 is 1.89 bits per heavy atom. The zero-order valence-corrected chi connectivity index (χ0v) is 19.7. The summed E-state index contributed by atoms with van der Waals surface area (Å²) in [7, 11) is 1.48. The quantitative estimate of drug-likeness (QED) is 0.506. The van der Waals surface area contributed by atoms with Crippen molar-refractivity contribution < 1.29 is 32.2 Å². The lowest BCUT2D eigenvalue weighted by Gasteiger charge is -2.30. The number of aromatic nitrogens is 2. The largest absolute Gasteiger partial charge is 0.478 e. The predicted octanol–water partition coefficient (Wildman–Crippen LogP) is 4.61. The van der Waals surface area contributed by atoms with E-state index >= 15 is 8.78 Å². The molecule has 0 bridgehead atoms. The molecule has 2 heterocycles. The second-order valence-electron chi connectivity index (χ2n) is 9.00. The van der Waals surface area contributed by atoms with Crippen molar-refractivity contribution in [2.75, 3.05) is 23.9 Å². The molecule has 2 N–H and O–H groups in total. The Labute approximate surface area is 198 Å². The first-order valence-corrected chi connectivity index (χ1v) is 10.8. The van der Waals surface area contributed by atoms with Crippen LogP contribution in [0.5, 0.6) is 5.75 Å². The molecule has 0 spiro atoms. The number of hydrogen-bond acceptors (Lipinski definition) is 6. The van der Waals surface area contributed by atoms with Crippen molar-refractivity contribution in [3.05, 3.63) is 52.9 Å². The van der Waals surface area contributed by atoms with Gasteiger partial charge >= 0.3 is 5.92 Å². The van der Waals surface area contributed by atoms with E-state index in [0.717, 1.165) is 19.9 Å². The summed E-state index contributed by atoms with van der Waals surface area (Å²) in [6.45, 7) is 4.55. The Hall–Kier alpha value is -3.47. The molecule has 1 unspecified atom stereocenters. The highest BCUT2D eigenvalue weighted by Gasteiger charge is 2.49. The van der Waals surface area contributed by atoms with E-state index in [4.69, 9.17) is 4.74 Å². The molecule has 7 nitrogen and oxygen atoms in total. The molecule has 0 aliphatic carbocycles. The molecule has 1 aliphatic heterocycles. The molecule has 1 amide bonds. The average molecular weight is 492 g/mol. The number of aliphatic hydroxyl groups is 1. The summed E-state index contributed by atoms with van der Waals surface area (Å²) in [6, 6.07) is 4.11. The van der Waals surface area contributed by atoms with E-state index in [9.17, 15) is 18.7 Å². The number of likely N-dealkylation sites (N-methyl/N-ethyl adjacent to an activating group) is 1. The maximum Gasteiger partial charge on any atom is 0.303 e. The molecular formula is C24H24F4N4O3. The molecule has 4 rings (SSSR count). The number of alkyl halides is 2. The Morgan fingerprint density at radius 1 is 1.20 bits per heavy atom. The van der Waals surface area contributed by atoms with Gasteiger partial charge in [0.25, 0.3) is 5.91 Å². The number of rotatable bonds is 5. The van der Waals surface area contributed by atoms with Gasteiger partial charge in [0.2, 0.25) is 0 Å². The van der Waals surface area contributed by atoms with E-state index < -0.39 is 34.8 Å². The number of nitrogens with one attached hydrogen (secondary N) is 1. The molecular weight excluding hydrogens is 468 g/mol. The number of nitrogens with zero attached hydrogens (tertiary/aromatic N) is 3. The number of anilines is 2. The highest BCUT2D eigenvalue weighted by molar-refractivity contribution is 6.02. The van der Waals surface area contributed by atoms with E-state index in [0.29, 0.717) is 0 Å². The summed E-state index contributed by atoms with van der Waals surface area (Å²) < 4.78 is 65.2. The maximum atomic E-state index is 15.3. The van der Waals surface area contributed by atoms with Crippen LogP contribution in [0.15, 0.2) is 24.3 Å². The molecule has 2 aromatic carbocycles. The topological polar surface area (TPSA) is 87.6 Å². The zero-order chi connectivity index (χ0) is 25.9. The van der Waals surface area contributed by atoms with Gasteiger partial charge in [0.05, 0.1) is 17.3 Å². The lowest BCUT2D eigenvalue weighted by atomic mass is 9.91. The van der Waals surface area contributed by atoms with E-state index in [2.05, 4.69) is 15.3 Å². The third-order valence-corrected chi connectivity index (χ3v) is 6.01. The molecule has 0 saturated heterocycles. The van der Waals surface area contributed by atoms with Gasteiger partial charge < -0.3 is 20.1 Å². The highest BCUT2D eigenvalue weighted by Crippen LogP contribution is 2.42. The smallest absolute Gasteiger partial charge is 0.303 e. The zero-order valence-electron chi connectivity index (χ0n) is 19.7. The molecule has 0 fully saturated rings. The molecule has 1 atom stereocenters. The minimum Gasteiger partial charge on any atom is -0.478 e. The lowest BCUT2D eigenvalue weighted by Crippen LogP contribution is -2.41. The summed E-state index contributed by atoms with van der Waals surface area (Å²) in [4.78, 5) is 21.7. The van der Waals surface area contributed by atoms with Crippen LogP contribution < -0.4 is 15.0 Å². The molecule has 3 aromatic rings. The number of carbonyl (C=O) groups is 1. The SMILES string of the molecule is Cc1nc(NC(C)c2cccc(C(F)(F)C(C)(C)O)c2F)c2cc3c(c(F)c2n1)OCC(=O)N3C. The number of amides is 1. The van der Waals surface area contributed by atoms with Gasteiger partial charge in [-0.3, -0.25) is 4.79 Å². The lowest BCUT2D eigenvalue weighted by molar-refractivity contribution is -0.170. The number of benzene rings is 2. The number of fused-ring (bicyclic) bond motifs is 2. The van der Waals surface area contributed by atoms with Crippen molar-refractivity contribution in [2.24, 2.45) is 0 Å². The first kappa shape index (κ1) is 24.6. The standard InChI is InChI=1S/C24H24F4N4O3/c1-11(13-7-6-8-15(18(13)25)24(27,28)23(3,4)34)29-22-14-9-16-21(35-10-17(33)32(16)5)19(26)20(14)30-12(2)31-22/h6-9,11,34H,10H2,1-5H3,(H,29,30,31). The van der Waals surface area contributed by atoms with Gasteiger partial charge in [0.15, 0.2) is 18.2 Å². The van der Waals surface area contributed by atoms with Crippen LogP contribution in [0.2, 0.25) is 0 Å². The van der Waals surface area contributed by atoms with Crippen molar-refractivity contribution in [1.29, 1.82) is 0 Å². The Morgan fingerprint density at radius 3 is 2.54 bits per heavy atom. The normalized spacial score (nSPS) is 15.1. The molecule has 0 radical (unpaired) electrons. The van der Waals surface area contributed by atoms with Gasteiger partial charge in [0.1, 0.15) is 28.6 Å². The van der Waals surface area contributed by atoms with Crippen molar-refractivity contribution in [3.8, 4) is 5.75 Å². The Balaban J connectivity index is 1.80. The molecule has 11 heteroatoms. The number of ether oxygens (including phenoxy) is 1. The van der Waals surface area contributed by atoms with E-state index in [1.807, 2.05) is 0 Å². The third kappa shape index (κ3) is 4.03. The van der Waals surface area contributed by atoms with Gasteiger partial charge in [0, 0.05) is 18.0 Å². The summed E-state index contributed by atoms with van der Waals surface area (Å²) in [5, 5.41) is 13.0. The number of aryl methyl sites for hydroxylation is 1. The Bertz CT molecular complexity index is 1340. The van der Waals surface area contributed by atoms with Crippen LogP contribution >= 0.6 is 0 Å². The van der Waals surface area contributed by atoms with E-state index in [1.54, 1.807) is 0 Å². The van der Waals surface area contributed by atoms with Gasteiger partial charge in [-0.2, -0.15) is 8.78 Å². The summed E-state index contributed by atoms with van der Waals surface area (Å²) in [5.41, 5.74) is -3.45. The van der Waals surface area contributed by atoms with E-state index in [1.165, 1.54) is 44.0 Å². The van der Waals surface area contributed by atoms with Crippen LogP contribution in [-0.4, -0.2) is 40.2 Å². The molecule has 0 saturated carbocycles. The molecule has 1 aliphatic rings. The Kier molecular flexibility index (Phi) is 5.87. The second-order valence-corrected chi connectivity index (χ2v) is 9.00. The van der Waals surface area contributed by atoms with Crippen LogP contribution in [-0.2, 0) is 10.7 Å². The molecule has 1 aromatic heterocycles. The van der Waals surface area contributed by atoms with Gasteiger partial charge in [-0.1, -0.05) is 12.1 Å². The predicted molar refractivity (Wildman–Crippen MR) is 122 cm³/mol. The van der Waals surface area contributed by atoms with Crippen LogP contribution in [0.4, 0.5) is 29.1 Å². The number of halogens is 4. The van der Waals surface area contributed by atoms with Gasteiger partial charge in [-0.15, -0.1) is 0 Å². The fourth-order valence-electron chi connectivity index (χ4n) is 3.91. The minimum atomic E-state index is -3.86. The third-order valence-electron chi connectivity index (χ3n) is 6.01. The van der Waals surface area contributed by atoms with Crippen molar-refractivity contribution in [2.45, 2.75) is 45.3 Å². The molecule has 35 heavy (non-hydrogen) atoms. The van der Waals surface area contributed by atoms with Crippen LogP contribution in [0.3, 0.4) is 0 Å². The number of hydrogen-bond donors (Lipinski definition) is 2. The average Bonchev–Trinajstić information content (AvgIpc) is 2.76. The van der Waals surface area contributed by atoms with Crippen molar-refractivity contribution >= 4 is 28.3 Å². The minimum absolute atomic E-state index is 0.0727. The first-order chi connectivity index (χ1) is 16.2. The monoisotopic (exact) mass is 492 g/mol. The summed E-state index contributed by atoms with van der Waals surface area (Å²) in [6.07, 6.45) is 0. The van der Waals surface area contributed by atoms with Crippen molar-refractivity contribution in [1.82, 2.24) is 9.97 Å². The summed E-state index contributed by atoms with van der Waals surface area (Å²) >= 11 is 0. The number of carbonyl (C=O) groups excluding carboxylic acids is 1. The van der Waals surface area contributed by atoms with Crippen LogP contribution in [0.1, 0.15) is 43.8 Å². The van der Waals surface area contributed by atoms with Crippen LogP contribution in [0, 0.1) is 18.6 Å². The molecule has 186 valence electrons. The van der Waals surface area contributed by atoms with Gasteiger partial charge in [-0.25, -0.2) is 18.7 Å². The van der Waals surface area contributed by atoms with E-state index in [-0.39, 0.29) is 52.1 Å². The second kappa shape index (κ2) is 8.33. The first-order valence-electron chi connectivity index (χ1n) is 10.8.